The predicted molar refractivity (Wildman–Crippen MR) is 91.1 cm³/mol. The molecule has 0 aliphatic carbocycles. The molecule has 0 aromatic rings. The van der Waals surface area contributed by atoms with Crippen LogP contribution in [0.25, 0.3) is 0 Å². The minimum absolute atomic E-state index is 0.285. The monoisotopic (exact) mass is 280 g/mol. The lowest BCUT2D eigenvalue weighted by molar-refractivity contribution is 0.288. The van der Waals surface area contributed by atoms with Crippen LogP contribution in [-0.2, 0) is 0 Å². The fourth-order valence-electron chi connectivity index (χ4n) is 2.74. The van der Waals surface area contributed by atoms with E-state index >= 15 is 0 Å². The first kappa shape index (κ1) is 19.4. The summed E-state index contributed by atoms with van der Waals surface area (Å²) in [6.45, 7) is 11.3. The summed E-state index contributed by atoms with van der Waals surface area (Å²) in [7, 11) is 0. The maximum atomic E-state index is 9.05. The normalized spacial score (nSPS) is 12.4. The Morgan fingerprint density at radius 2 is 1.45 bits per heavy atom. The lowest BCUT2D eigenvalue weighted by Crippen LogP contribution is -1.97. The number of aliphatic hydroxyl groups is 1. The first-order valence-corrected chi connectivity index (χ1v) is 8.64. The number of unbranched alkanes of at least 4 members (excludes halogenated alkanes) is 5. The van der Waals surface area contributed by atoms with E-state index in [-0.39, 0.29) is 6.61 Å². The molecule has 0 aliphatic rings. The third-order valence-corrected chi connectivity index (χ3v) is 3.98. The summed E-state index contributed by atoms with van der Waals surface area (Å²) in [6, 6.07) is 0. The molecule has 0 heterocycles. The molecule has 0 aliphatic heterocycles. The molecule has 0 radical (unpaired) electrons. The zero-order chi connectivity index (χ0) is 15.2. The second kappa shape index (κ2) is 13.4. The van der Waals surface area contributed by atoms with E-state index in [9.17, 15) is 0 Å². The van der Waals surface area contributed by atoms with E-state index in [1.807, 2.05) is 0 Å². The summed E-state index contributed by atoms with van der Waals surface area (Å²) in [5, 5.41) is 9.05. The second-order valence-electron chi connectivity index (χ2n) is 5.96. The molecule has 0 atom stereocenters. The van der Waals surface area contributed by atoms with Crippen molar-refractivity contribution >= 4 is 0 Å². The molecule has 0 unspecified atom stereocenters. The highest BCUT2D eigenvalue weighted by atomic mass is 16.2. The van der Waals surface area contributed by atoms with Gasteiger partial charge in [-0.1, -0.05) is 70.1 Å². The first-order chi connectivity index (χ1) is 9.67. The van der Waals surface area contributed by atoms with Crippen molar-refractivity contribution in [3.8, 4) is 0 Å². The fraction of sp³-hybridized carbons (Fsp3) is 0.789. The molecule has 118 valence electrons. The standard InChI is InChI=1S/C19H36O/c1-5-7-8-9-10-11-14-18(4)19(15-12-16-20)17(3)13-6-2/h20H,4-16H2,1-3H3/b19-17+. The van der Waals surface area contributed by atoms with Crippen molar-refractivity contribution in [2.45, 2.75) is 91.4 Å². The molecule has 0 fully saturated rings. The van der Waals surface area contributed by atoms with Crippen LogP contribution in [0.1, 0.15) is 91.4 Å². The fourth-order valence-corrected chi connectivity index (χ4v) is 2.74. The lowest BCUT2D eigenvalue weighted by atomic mass is 9.91. The SMILES string of the molecule is C=C(CCCCCCCC)/C(CCCO)=C(\C)CCC. The van der Waals surface area contributed by atoms with Crippen molar-refractivity contribution in [1.82, 2.24) is 0 Å². The zero-order valence-electron chi connectivity index (χ0n) is 14.1. The van der Waals surface area contributed by atoms with Gasteiger partial charge in [0, 0.05) is 6.61 Å². The number of hydrogen-bond acceptors (Lipinski definition) is 1. The molecule has 1 heteroatoms. The summed E-state index contributed by atoms with van der Waals surface area (Å²) in [4.78, 5) is 0. The van der Waals surface area contributed by atoms with Gasteiger partial charge in [-0.05, 0) is 44.6 Å². The Morgan fingerprint density at radius 1 is 0.800 bits per heavy atom. The van der Waals surface area contributed by atoms with E-state index in [1.165, 1.54) is 61.7 Å². The molecule has 0 rings (SSSR count). The van der Waals surface area contributed by atoms with Crippen molar-refractivity contribution in [1.29, 1.82) is 0 Å². The van der Waals surface area contributed by atoms with E-state index in [2.05, 4.69) is 27.4 Å². The highest BCUT2D eigenvalue weighted by molar-refractivity contribution is 5.32. The van der Waals surface area contributed by atoms with Crippen LogP contribution in [0, 0.1) is 0 Å². The van der Waals surface area contributed by atoms with Crippen LogP contribution in [0.3, 0.4) is 0 Å². The molecule has 20 heavy (non-hydrogen) atoms. The predicted octanol–water partition coefficient (Wildman–Crippen LogP) is 6.18. The molecule has 0 aromatic carbocycles. The van der Waals surface area contributed by atoms with Gasteiger partial charge in [0.1, 0.15) is 0 Å². The topological polar surface area (TPSA) is 20.2 Å². The van der Waals surface area contributed by atoms with Gasteiger partial charge >= 0.3 is 0 Å². The molecular weight excluding hydrogens is 244 g/mol. The average molecular weight is 280 g/mol. The van der Waals surface area contributed by atoms with Crippen LogP contribution >= 0.6 is 0 Å². The van der Waals surface area contributed by atoms with Crippen molar-refractivity contribution < 1.29 is 5.11 Å². The lowest BCUT2D eigenvalue weighted by Gasteiger charge is -2.15. The summed E-state index contributed by atoms with van der Waals surface area (Å²) in [5.74, 6) is 0. The van der Waals surface area contributed by atoms with Crippen molar-refractivity contribution in [3.63, 3.8) is 0 Å². The summed E-state index contributed by atoms with van der Waals surface area (Å²) in [6.07, 6.45) is 13.4. The van der Waals surface area contributed by atoms with Gasteiger partial charge < -0.3 is 5.11 Å². The largest absolute Gasteiger partial charge is 0.396 e. The van der Waals surface area contributed by atoms with Crippen LogP contribution in [0.15, 0.2) is 23.3 Å². The van der Waals surface area contributed by atoms with Gasteiger partial charge in [-0.15, -0.1) is 0 Å². The molecular formula is C19H36O. The van der Waals surface area contributed by atoms with Crippen molar-refractivity contribution in [2.24, 2.45) is 0 Å². The molecule has 0 bridgehead atoms. The van der Waals surface area contributed by atoms with Crippen LogP contribution in [0.4, 0.5) is 0 Å². The van der Waals surface area contributed by atoms with Gasteiger partial charge in [0.2, 0.25) is 0 Å². The van der Waals surface area contributed by atoms with Crippen LogP contribution in [-0.4, -0.2) is 11.7 Å². The number of hydrogen-bond donors (Lipinski definition) is 1. The summed E-state index contributed by atoms with van der Waals surface area (Å²) >= 11 is 0. The highest BCUT2D eigenvalue weighted by Gasteiger charge is 2.07. The summed E-state index contributed by atoms with van der Waals surface area (Å²) < 4.78 is 0. The Hall–Kier alpha value is -0.560. The Bertz CT molecular complexity index is 275. The number of rotatable bonds is 13. The van der Waals surface area contributed by atoms with E-state index in [0.29, 0.717) is 0 Å². The average Bonchev–Trinajstić information content (AvgIpc) is 2.43. The van der Waals surface area contributed by atoms with Crippen molar-refractivity contribution in [2.75, 3.05) is 6.61 Å². The van der Waals surface area contributed by atoms with E-state index in [1.54, 1.807) is 0 Å². The van der Waals surface area contributed by atoms with E-state index in [0.717, 1.165) is 25.7 Å². The van der Waals surface area contributed by atoms with Crippen molar-refractivity contribution in [3.05, 3.63) is 23.3 Å². The minimum Gasteiger partial charge on any atom is -0.396 e. The Labute approximate surface area is 127 Å². The Morgan fingerprint density at radius 3 is 2.05 bits per heavy atom. The van der Waals surface area contributed by atoms with Gasteiger partial charge in [0.15, 0.2) is 0 Å². The van der Waals surface area contributed by atoms with Gasteiger partial charge in [-0.25, -0.2) is 0 Å². The molecule has 0 amide bonds. The highest BCUT2D eigenvalue weighted by Crippen LogP contribution is 2.26. The van der Waals surface area contributed by atoms with E-state index in [4.69, 9.17) is 5.11 Å². The smallest absolute Gasteiger partial charge is 0.0434 e. The molecule has 0 saturated carbocycles. The molecule has 0 spiro atoms. The van der Waals surface area contributed by atoms with Gasteiger partial charge in [-0.3, -0.25) is 0 Å². The maximum absolute atomic E-state index is 9.05. The Balaban J connectivity index is 4.17. The first-order valence-electron chi connectivity index (χ1n) is 8.64. The summed E-state index contributed by atoms with van der Waals surface area (Å²) in [5.41, 5.74) is 4.24. The van der Waals surface area contributed by atoms with Crippen LogP contribution < -0.4 is 0 Å². The number of allylic oxidation sites excluding steroid dienone is 3. The van der Waals surface area contributed by atoms with Crippen LogP contribution in [0.2, 0.25) is 0 Å². The molecule has 1 N–H and O–H groups in total. The number of aliphatic hydroxyl groups excluding tert-OH is 1. The molecule has 0 saturated heterocycles. The quantitative estimate of drug-likeness (QED) is 0.315. The molecule has 0 aromatic heterocycles. The van der Waals surface area contributed by atoms with Gasteiger partial charge in [0.25, 0.3) is 0 Å². The van der Waals surface area contributed by atoms with Gasteiger partial charge in [-0.2, -0.15) is 0 Å². The minimum atomic E-state index is 0.285. The van der Waals surface area contributed by atoms with Crippen LogP contribution in [0.5, 0.6) is 0 Å². The Kier molecular flexibility index (Phi) is 13.0. The molecule has 1 nitrogen and oxygen atoms in total. The third kappa shape index (κ3) is 9.36. The zero-order valence-corrected chi connectivity index (χ0v) is 14.1. The maximum Gasteiger partial charge on any atom is 0.0434 e. The second-order valence-corrected chi connectivity index (χ2v) is 5.96. The third-order valence-electron chi connectivity index (χ3n) is 3.98. The van der Waals surface area contributed by atoms with Gasteiger partial charge in [0.05, 0.1) is 0 Å². The van der Waals surface area contributed by atoms with E-state index < -0.39 is 0 Å².